The van der Waals surface area contributed by atoms with E-state index in [1.54, 1.807) is 6.08 Å². The second kappa shape index (κ2) is 11.0. The van der Waals surface area contributed by atoms with Crippen LogP contribution in [0.5, 0.6) is 0 Å². The number of nitrogens with one attached hydrogen (secondary N) is 2. The minimum absolute atomic E-state index is 0.0682. The average molecular weight is 419 g/mol. The Morgan fingerprint density at radius 1 is 1.17 bits per heavy atom. The Kier molecular flexibility index (Phi) is 8.36. The lowest BCUT2D eigenvalue weighted by molar-refractivity contribution is -0.153. The topological polar surface area (TPSA) is 84.5 Å². The van der Waals surface area contributed by atoms with Crippen LogP contribution >= 0.6 is 11.6 Å². The molecular formula is C21H20ClFN2O4. The molecule has 1 atom stereocenters. The van der Waals surface area contributed by atoms with E-state index in [-0.39, 0.29) is 29.6 Å². The second-order valence-corrected chi connectivity index (χ2v) is 6.44. The van der Waals surface area contributed by atoms with Gasteiger partial charge in [0.05, 0.1) is 11.4 Å². The Labute approximate surface area is 172 Å². The van der Waals surface area contributed by atoms with Gasteiger partial charge in [-0.2, -0.15) is 0 Å². The first-order valence-corrected chi connectivity index (χ1v) is 9.19. The van der Waals surface area contributed by atoms with E-state index < -0.39 is 23.8 Å². The molecule has 0 aromatic heterocycles. The summed E-state index contributed by atoms with van der Waals surface area (Å²) in [5.74, 6) is -2.18. The molecule has 152 valence electrons. The molecule has 0 heterocycles. The van der Waals surface area contributed by atoms with E-state index >= 15 is 0 Å². The number of carbonyl (C=O) groups is 3. The van der Waals surface area contributed by atoms with E-state index in [1.807, 2.05) is 30.3 Å². The highest BCUT2D eigenvalue weighted by Gasteiger charge is 2.18. The van der Waals surface area contributed by atoms with Gasteiger partial charge in [0.1, 0.15) is 5.82 Å². The first kappa shape index (κ1) is 22.1. The highest BCUT2D eigenvalue weighted by atomic mass is 35.5. The van der Waals surface area contributed by atoms with E-state index in [1.165, 1.54) is 25.1 Å². The van der Waals surface area contributed by atoms with Gasteiger partial charge in [-0.25, -0.2) is 4.39 Å². The van der Waals surface area contributed by atoms with Crippen LogP contribution in [0.15, 0.2) is 54.6 Å². The molecule has 0 radical (unpaired) electrons. The highest BCUT2D eigenvalue weighted by Crippen LogP contribution is 2.19. The minimum atomic E-state index is -1.07. The van der Waals surface area contributed by atoms with Crippen LogP contribution in [0.25, 0.3) is 6.08 Å². The van der Waals surface area contributed by atoms with E-state index in [0.717, 1.165) is 11.6 Å². The lowest BCUT2D eigenvalue weighted by Gasteiger charge is -2.14. The smallest absolute Gasteiger partial charge is 0.308 e. The number of rotatable bonds is 8. The van der Waals surface area contributed by atoms with Crippen molar-refractivity contribution in [2.75, 3.05) is 11.9 Å². The number of ether oxygens (including phenoxy) is 1. The lowest BCUT2D eigenvalue weighted by atomic mass is 10.2. The van der Waals surface area contributed by atoms with Gasteiger partial charge < -0.3 is 15.4 Å². The molecule has 0 aliphatic rings. The van der Waals surface area contributed by atoms with Gasteiger partial charge in [-0.05, 0) is 36.8 Å². The van der Waals surface area contributed by atoms with Crippen molar-refractivity contribution in [2.24, 2.45) is 0 Å². The highest BCUT2D eigenvalue weighted by molar-refractivity contribution is 6.31. The third-order valence-corrected chi connectivity index (χ3v) is 4.01. The third-order valence-electron chi connectivity index (χ3n) is 3.72. The molecule has 0 unspecified atom stereocenters. The zero-order valence-electron chi connectivity index (χ0n) is 15.7. The fourth-order valence-electron chi connectivity index (χ4n) is 2.21. The molecule has 6 nitrogen and oxygen atoms in total. The summed E-state index contributed by atoms with van der Waals surface area (Å²) in [5.41, 5.74) is 1.16. The number of halogens is 2. The van der Waals surface area contributed by atoms with Crippen LogP contribution in [0.3, 0.4) is 0 Å². The molecule has 0 fully saturated rings. The third kappa shape index (κ3) is 7.75. The summed E-state index contributed by atoms with van der Waals surface area (Å²) >= 11 is 5.65. The maximum atomic E-state index is 13.1. The molecule has 0 saturated carbocycles. The predicted octanol–water partition coefficient (Wildman–Crippen LogP) is 3.57. The first-order chi connectivity index (χ1) is 13.8. The van der Waals surface area contributed by atoms with E-state index in [0.29, 0.717) is 0 Å². The summed E-state index contributed by atoms with van der Waals surface area (Å²) in [6.45, 7) is 1.47. The maximum absolute atomic E-state index is 13.1. The monoisotopic (exact) mass is 418 g/mol. The molecular weight excluding hydrogens is 399 g/mol. The van der Waals surface area contributed by atoms with Crippen LogP contribution in [-0.2, 0) is 19.1 Å². The Morgan fingerprint density at radius 2 is 1.90 bits per heavy atom. The Morgan fingerprint density at radius 3 is 2.59 bits per heavy atom. The zero-order chi connectivity index (χ0) is 21.2. The predicted molar refractivity (Wildman–Crippen MR) is 109 cm³/mol. The fraction of sp³-hybridized carbons (Fsp3) is 0.190. The number of carbonyl (C=O) groups excluding carboxylic acids is 3. The summed E-state index contributed by atoms with van der Waals surface area (Å²) in [4.78, 5) is 35.6. The van der Waals surface area contributed by atoms with Gasteiger partial charge in [0.15, 0.2) is 6.10 Å². The van der Waals surface area contributed by atoms with Gasteiger partial charge in [-0.15, -0.1) is 0 Å². The standard InChI is InChI=1S/C21H20ClFN2O4/c1-14(21(28)25-16-8-9-18(23)17(22)13-16)29-20(27)11-12-24-19(26)10-7-15-5-3-2-4-6-15/h2-10,13-14H,11-12H2,1H3,(H,24,26)(H,25,28)/b10-7+/t14-/m0/s1. The molecule has 29 heavy (non-hydrogen) atoms. The van der Waals surface area contributed by atoms with Crippen molar-refractivity contribution in [1.29, 1.82) is 0 Å². The van der Waals surface area contributed by atoms with Crippen LogP contribution < -0.4 is 10.6 Å². The van der Waals surface area contributed by atoms with Gasteiger partial charge in [-0.3, -0.25) is 14.4 Å². The second-order valence-electron chi connectivity index (χ2n) is 6.04. The number of esters is 1. The fourth-order valence-corrected chi connectivity index (χ4v) is 2.39. The summed E-state index contributed by atoms with van der Waals surface area (Å²) in [5, 5.41) is 4.90. The molecule has 2 aromatic rings. The molecule has 0 bridgehead atoms. The molecule has 8 heteroatoms. The van der Waals surface area contributed by atoms with E-state index in [2.05, 4.69) is 10.6 Å². The minimum Gasteiger partial charge on any atom is -0.452 e. The lowest BCUT2D eigenvalue weighted by Crippen LogP contribution is -2.31. The summed E-state index contributed by atoms with van der Waals surface area (Å²) in [6, 6.07) is 13.0. The number of benzene rings is 2. The van der Waals surface area contributed by atoms with Crippen molar-refractivity contribution in [3.63, 3.8) is 0 Å². The van der Waals surface area contributed by atoms with Gasteiger partial charge in [0, 0.05) is 18.3 Å². The first-order valence-electron chi connectivity index (χ1n) is 8.81. The van der Waals surface area contributed by atoms with Gasteiger partial charge in [-0.1, -0.05) is 41.9 Å². The van der Waals surface area contributed by atoms with Crippen LogP contribution in [0.1, 0.15) is 18.9 Å². The Hall–Kier alpha value is -3.19. The number of anilines is 1. The van der Waals surface area contributed by atoms with E-state index in [4.69, 9.17) is 16.3 Å². The van der Waals surface area contributed by atoms with Crippen molar-refractivity contribution < 1.29 is 23.5 Å². The molecule has 2 amide bonds. The number of hydrogen-bond donors (Lipinski definition) is 2. The SMILES string of the molecule is C[C@H](OC(=O)CCNC(=O)/C=C/c1ccccc1)C(=O)Nc1ccc(F)c(Cl)c1. The number of hydrogen-bond acceptors (Lipinski definition) is 4. The van der Waals surface area contributed by atoms with Crippen molar-refractivity contribution in [3.05, 3.63) is 71.0 Å². The normalized spacial score (nSPS) is 11.7. The molecule has 2 N–H and O–H groups in total. The van der Waals surface area contributed by atoms with Crippen LogP contribution in [-0.4, -0.2) is 30.4 Å². The van der Waals surface area contributed by atoms with Gasteiger partial charge >= 0.3 is 5.97 Å². The van der Waals surface area contributed by atoms with Crippen molar-refractivity contribution >= 4 is 41.1 Å². The van der Waals surface area contributed by atoms with Crippen LogP contribution in [0.2, 0.25) is 5.02 Å². The molecule has 0 saturated heterocycles. The quantitative estimate of drug-likeness (QED) is 0.507. The average Bonchev–Trinajstić information content (AvgIpc) is 2.70. The molecule has 2 aromatic carbocycles. The van der Waals surface area contributed by atoms with Crippen LogP contribution in [0.4, 0.5) is 10.1 Å². The summed E-state index contributed by atoms with van der Waals surface area (Å²) in [6.07, 6.45) is 1.86. The number of amides is 2. The van der Waals surface area contributed by atoms with E-state index in [9.17, 15) is 18.8 Å². The molecule has 2 rings (SSSR count). The zero-order valence-corrected chi connectivity index (χ0v) is 16.4. The largest absolute Gasteiger partial charge is 0.452 e. The molecule has 0 aliphatic heterocycles. The van der Waals surface area contributed by atoms with Gasteiger partial charge in [0.2, 0.25) is 5.91 Å². The van der Waals surface area contributed by atoms with Crippen molar-refractivity contribution in [1.82, 2.24) is 5.32 Å². The Bertz CT molecular complexity index is 903. The molecule has 0 spiro atoms. The Balaban J connectivity index is 1.71. The maximum Gasteiger partial charge on any atom is 0.308 e. The van der Waals surface area contributed by atoms with Gasteiger partial charge in [0.25, 0.3) is 5.91 Å². The summed E-state index contributed by atoms with van der Waals surface area (Å²) < 4.78 is 18.2. The van der Waals surface area contributed by atoms with Crippen LogP contribution in [0, 0.1) is 5.82 Å². The van der Waals surface area contributed by atoms with Crippen molar-refractivity contribution in [2.45, 2.75) is 19.4 Å². The summed E-state index contributed by atoms with van der Waals surface area (Å²) in [7, 11) is 0. The van der Waals surface area contributed by atoms with Crippen molar-refractivity contribution in [3.8, 4) is 0 Å². The molecule has 0 aliphatic carbocycles.